The van der Waals surface area contributed by atoms with E-state index >= 15 is 0 Å². The molecule has 0 unspecified atom stereocenters. The van der Waals surface area contributed by atoms with Gasteiger partial charge in [-0.15, -0.1) is 0 Å². The lowest BCUT2D eigenvalue weighted by atomic mass is 9.43. The van der Waals surface area contributed by atoms with Crippen molar-refractivity contribution in [2.45, 2.75) is 25.7 Å². The van der Waals surface area contributed by atoms with E-state index in [1.807, 2.05) is 0 Å². The minimum Gasteiger partial charge on any atom is -0.454 e. The topological polar surface area (TPSA) is 19.6 Å². The van der Waals surface area contributed by atoms with E-state index in [1.165, 1.54) is 79.9 Å². The summed E-state index contributed by atoms with van der Waals surface area (Å²) in [6, 6.07) is 55.8. The van der Waals surface area contributed by atoms with Crippen molar-refractivity contribution in [1.29, 1.82) is 0 Å². The summed E-state index contributed by atoms with van der Waals surface area (Å²) in [5, 5.41) is 2.28. The first-order valence-electron chi connectivity index (χ1n) is 17.9. The molecule has 2 aliphatic heterocycles. The highest BCUT2D eigenvalue weighted by atomic mass is 16.3. The van der Waals surface area contributed by atoms with Crippen molar-refractivity contribution in [2.75, 3.05) is 9.71 Å². The third-order valence-corrected chi connectivity index (χ3v) is 11.2. The van der Waals surface area contributed by atoms with Crippen LogP contribution in [0.25, 0.3) is 44.2 Å². The van der Waals surface area contributed by atoms with Gasteiger partial charge in [0.05, 0.1) is 5.69 Å². The largest absolute Gasteiger partial charge is 0.454 e. The van der Waals surface area contributed by atoms with Gasteiger partial charge in [-0.2, -0.15) is 0 Å². The van der Waals surface area contributed by atoms with E-state index in [4.69, 9.17) is 4.42 Å². The molecular weight excluding hydrogens is 607 g/mol. The van der Waals surface area contributed by atoms with Gasteiger partial charge < -0.3 is 14.1 Å². The maximum absolute atomic E-state index is 6.68. The van der Waals surface area contributed by atoms with E-state index in [9.17, 15) is 0 Å². The second kappa shape index (κ2) is 10.8. The molecule has 0 saturated heterocycles. The number of rotatable bonds is 3. The summed E-state index contributed by atoms with van der Waals surface area (Å²) in [5.41, 5.74) is 18.6. The highest BCUT2D eigenvalue weighted by molar-refractivity contribution is 6.93. The molecule has 8 aromatic rings. The molecule has 0 atom stereocenters. The van der Waals surface area contributed by atoms with E-state index in [2.05, 4.69) is 161 Å². The highest BCUT2D eigenvalue weighted by Crippen LogP contribution is 2.50. The lowest BCUT2D eigenvalue weighted by Gasteiger charge is -2.46. The minimum absolute atomic E-state index is 0.0254. The van der Waals surface area contributed by atoms with Gasteiger partial charge in [0.1, 0.15) is 5.58 Å². The van der Waals surface area contributed by atoms with E-state index in [0.29, 0.717) is 0 Å². The molecule has 0 spiro atoms. The number of fused-ring (bicyclic) bond motifs is 8. The molecule has 3 heterocycles. The summed E-state index contributed by atoms with van der Waals surface area (Å²) in [6.45, 7) is -0.0254. The third kappa shape index (κ3) is 3.88. The zero-order chi connectivity index (χ0) is 32.8. The predicted octanol–water partition coefficient (Wildman–Crippen LogP) is 10.8. The Morgan fingerprint density at radius 1 is 0.500 bits per heavy atom. The fraction of sp³-hybridized carbons (Fsp3) is 0.0870. The first-order valence-corrected chi connectivity index (χ1v) is 17.9. The summed E-state index contributed by atoms with van der Waals surface area (Å²) in [6.07, 6.45) is 4.75. The van der Waals surface area contributed by atoms with E-state index in [1.54, 1.807) is 0 Å². The molecule has 0 bridgehead atoms. The average Bonchev–Trinajstić information content (AvgIpc) is 3.57. The average molecular weight is 641 g/mol. The molecule has 3 aliphatic rings. The summed E-state index contributed by atoms with van der Waals surface area (Å²) >= 11 is 0. The minimum atomic E-state index is -0.0254. The predicted molar refractivity (Wildman–Crippen MR) is 210 cm³/mol. The van der Waals surface area contributed by atoms with Crippen LogP contribution in [0.3, 0.4) is 0 Å². The van der Waals surface area contributed by atoms with Crippen LogP contribution < -0.4 is 20.6 Å². The fourth-order valence-corrected chi connectivity index (χ4v) is 9.18. The van der Waals surface area contributed by atoms with Gasteiger partial charge in [-0.1, -0.05) is 115 Å². The normalized spacial score (nSPS) is 14.4. The summed E-state index contributed by atoms with van der Waals surface area (Å²) in [5.74, 6) is 0. The van der Waals surface area contributed by atoms with Gasteiger partial charge in [-0.3, -0.25) is 0 Å². The van der Waals surface area contributed by atoms with E-state index in [-0.39, 0.29) is 6.85 Å². The summed E-state index contributed by atoms with van der Waals surface area (Å²) in [7, 11) is 0. The number of furan rings is 1. The first-order chi connectivity index (χ1) is 24.8. The number of hydrogen-bond acceptors (Lipinski definition) is 3. The van der Waals surface area contributed by atoms with Crippen LogP contribution in [0.1, 0.15) is 24.0 Å². The standard InChI is InChI=1S/C46H33BN2O/c1-2-15-31(16-3-1)44-32-17-5-4-14-30(32)28-29-40(44)49-38-23-9-6-18-33(38)35-20-12-25-41-45(35)47(49)37-22-8-10-24-39(37)48(41)42-26-13-21-36-34-19-7-11-27-43(34)50-46(36)42/h1-3,6-13,15-16,18-29H,4-5,14,17H2. The van der Waals surface area contributed by atoms with Crippen LogP contribution in [0.15, 0.2) is 156 Å². The lowest BCUT2D eigenvalue weighted by Crippen LogP contribution is -2.61. The summed E-state index contributed by atoms with van der Waals surface area (Å²) in [4.78, 5) is 5.11. The van der Waals surface area contributed by atoms with Crippen molar-refractivity contribution >= 4 is 68.1 Å². The Morgan fingerprint density at radius 3 is 2.14 bits per heavy atom. The molecule has 236 valence electrons. The van der Waals surface area contributed by atoms with Crippen LogP contribution in [0, 0.1) is 0 Å². The van der Waals surface area contributed by atoms with Gasteiger partial charge in [0.2, 0.25) is 0 Å². The molecular formula is C46H33BN2O. The van der Waals surface area contributed by atoms with Gasteiger partial charge in [0.15, 0.2) is 5.58 Å². The number of aryl methyl sites for hydroxylation is 1. The van der Waals surface area contributed by atoms with Crippen LogP contribution in [-0.4, -0.2) is 6.85 Å². The maximum atomic E-state index is 6.68. The second-order valence-electron chi connectivity index (χ2n) is 13.8. The van der Waals surface area contributed by atoms with Gasteiger partial charge in [-0.25, -0.2) is 0 Å². The molecule has 0 radical (unpaired) electrons. The molecule has 7 aromatic carbocycles. The Hall–Kier alpha value is -6.00. The highest BCUT2D eigenvalue weighted by Gasteiger charge is 2.45. The quantitative estimate of drug-likeness (QED) is 0.179. The molecule has 50 heavy (non-hydrogen) atoms. The van der Waals surface area contributed by atoms with Crippen molar-refractivity contribution < 1.29 is 4.42 Å². The SMILES string of the molecule is c1ccc(-c2c(N3B4c5ccccc5N(c5cccc6c5oc5ccccc56)c5cccc(c54)-c4ccccc43)ccc3c2CCCC3)cc1. The number of benzene rings is 7. The molecule has 1 aliphatic carbocycles. The van der Waals surface area contributed by atoms with Crippen LogP contribution in [0.4, 0.5) is 28.4 Å². The Balaban J connectivity index is 1.22. The van der Waals surface area contributed by atoms with Crippen molar-refractivity contribution in [2.24, 2.45) is 0 Å². The van der Waals surface area contributed by atoms with E-state index in [0.717, 1.165) is 40.5 Å². The zero-order valence-corrected chi connectivity index (χ0v) is 27.6. The van der Waals surface area contributed by atoms with Crippen molar-refractivity contribution in [3.05, 3.63) is 163 Å². The zero-order valence-electron chi connectivity index (χ0n) is 27.6. The molecule has 0 amide bonds. The van der Waals surface area contributed by atoms with Crippen LogP contribution in [-0.2, 0) is 12.8 Å². The van der Waals surface area contributed by atoms with Gasteiger partial charge >= 0.3 is 6.85 Å². The Labute approximate surface area is 292 Å². The number of para-hydroxylation sites is 4. The summed E-state index contributed by atoms with van der Waals surface area (Å²) < 4.78 is 6.68. The van der Waals surface area contributed by atoms with Crippen molar-refractivity contribution in [3.8, 4) is 22.3 Å². The number of nitrogens with zero attached hydrogens (tertiary/aromatic N) is 2. The second-order valence-corrected chi connectivity index (χ2v) is 13.8. The van der Waals surface area contributed by atoms with Crippen LogP contribution in [0.2, 0.25) is 0 Å². The smallest absolute Gasteiger partial charge is 0.333 e. The first kappa shape index (κ1) is 27.9. The van der Waals surface area contributed by atoms with Crippen molar-refractivity contribution in [1.82, 2.24) is 0 Å². The molecule has 4 heteroatoms. The number of hydrogen-bond donors (Lipinski definition) is 0. The maximum Gasteiger partial charge on any atom is 0.333 e. The Bertz CT molecular complexity index is 2640. The Morgan fingerprint density at radius 2 is 1.20 bits per heavy atom. The molecule has 1 aromatic heterocycles. The van der Waals surface area contributed by atoms with Gasteiger partial charge in [0.25, 0.3) is 0 Å². The third-order valence-electron chi connectivity index (χ3n) is 11.2. The lowest BCUT2D eigenvalue weighted by molar-refractivity contribution is 0.669. The molecule has 0 saturated carbocycles. The molecule has 11 rings (SSSR count). The van der Waals surface area contributed by atoms with Gasteiger partial charge in [-0.05, 0) is 95.3 Å². The molecule has 3 nitrogen and oxygen atoms in total. The fourth-order valence-electron chi connectivity index (χ4n) is 9.18. The number of anilines is 5. The van der Waals surface area contributed by atoms with E-state index < -0.39 is 0 Å². The van der Waals surface area contributed by atoms with Crippen LogP contribution >= 0.6 is 0 Å². The molecule has 0 N–H and O–H groups in total. The van der Waals surface area contributed by atoms with Crippen LogP contribution in [0.5, 0.6) is 0 Å². The van der Waals surface area contributed by atoms with Crippen molar-refractivity contribution in [3.63, 3.8) is 0 Å². The van der Waals surface area contributed by atoms with Gasteiger partial charge in [0, 0.05) is 44.6 Å². The molecule has 0 fully saturated rings. The monoisotopic (exact) mass is 640 g/mol. The Kier molecular flexibility index (Phi) is 6.00.